The number of aliphatic carboxylic acids is 6. The molecule has 0 aromatic heterocycles. The smallest absolute Gasteiger partial charge is 0.410 e. The number of hydrogen-bond donors (Lipinski definition) is 21. The van der Waals surface area contributed by atoms with E-state index < -0.39 is 305 Å². The summed E-state index contributed by atoms with van der Waals surface area (Å²) in [7, 11) is 2.28. The molecule has 47 heteroatoms. The second-order valence-electron chi connectivity index (χ2n) is 31.1. The molecule has 0 spiro atoms. The minimum Gasteiger partial charge on any atom is -0.508 e. The van der Waals surface area contributed by atoms with Crippen LogP contribution in [0.3, 0.4) is 0 Å². The normalized spacial score (nSPS) is 17.5. The number of nitrogens with zero attached hydrogens (tertiary/aromatic N) is 2. The van der Waals surface area contributed by atoms with E-state index in [1.807, 2.05) is 0 Å². The number of nitrogens with two attached hydrogens (primary N) is 1. The number of carbonyl (C=O) groups excluding carboxylic acids is 16. The third-order valence-electron chi connectivity index (χ3n) is 20.4. The van der Waals surface area contributed by atoms with E-state index in [4.69, 9.17) is 10.5 Å². The molecular weight excluding hydrogens is 1690 g/mol. The van der Waals surface area contributed by atoms with Crippen molar-refractivity contribution in [3.05, 3.63) is 77.9 Å². The molecule has 14 atom stereocenters. The fourth-order valence-corrected chi connectivity index (χ4v) is 13.3. The molecule has 1 heterocycles. The first-order valence-corrected chi connectivity index (χ1v) is 40.9. The highest BCUT2D eigenvalue weighted by Crippen LogP contribution is 2.28. The molecule has 704 valence electrons. The van der Waals surface area contributed by atoms with Gasteiger partial charge < -0.3 is 130 Å². The number of hydrogen-bond acceptors (Lipinski definition) is 26. The van der Waals surface area contributed by atoms with E-state index >= 15 is 0 Å². The van der Waals surface area contributed by atoms with Crippen LogP contribution in [0.1, 0.15) is 154 Å². The number of amides is 15. The van der Waals surface area contributed by atoms with Crippen molar-refractivity contribution in [2.75, 3.05) is 40.3 Å². The van der Waals surface area contributed by atoms with Crippen LogP contribution in [-0.2, 0) is 123 Å². The Balaban J connectivity index is 1.53. The Labute approximate surface area is 733 Å². The number of phenols is 1. The molecule has 0 saturated carbocycles. The van der Waals surface area contributed by atoms with Gasteiger partial charge in [-0.05, 0) is 112 Å². The van der Waals surface area contributed by atoms with Crippen LogP contribution in [0, 0.1) is 11.8 Å². The van der Waals surface area contributed by atoms with E-state index in [0.717, 1.165) is 16.9 Å². The number of nitrogens with one attached hydrogen (secondary N) is 12. The fraction of sp³-hybridized carbons (Fsp3) is 0.556. The molecule has 4 rings (SSSR count). The van der Waals surface area contributed by atoms with Crippen LogP contribution in [0.4, 0.5) is 4.79 Å². The maximum absolute atomic E-state index is 14.9. The van der Waals surface area contributed by atoms with E-state index in [2.05, 4.69) is 68.5 Å². The van der Waals surface area contributed by atoms with Gasteiger partial charge in [0.25, 0.3) is 0 Å². The van der Waals surface area contributed by atoms with Crippen molar-refractivity contribution in [3.63, 3.8) is 0 Å². The number of esters is 1. The molecule has 2 unspecified atom stereocenters. The number of likely N-dealkylation sites (tertiary alicyclic amines) is 1. The Morgan fingerprint density at radius 1 is 0.516 bits per heavy atom. The van der Waals surface area contributed by atoms with E-state index in [0.29, 0.717) is 5.56 Å². The maximum Gasteiger partial charge on any atom is 0.410 e. The molecular formula is C81H113N15O32. The minimum atomic E-state index is -2.11. The Kier molecular flexibility index (Phi) is 43.9. The number of benzene rings is 2. The van der Waals surface area contributed by atoms with Crippen LogP contribution in [0.5, 0.6) is 5.75 Å². The maximum atomic E-state index is 14.9. The van der Waals surface area contributed by atoms with Crippen LogP contribution in [0.15, 0.2) is 66.7 Å². The number of phenolic OH excluding ortho intramolecular Hbond substituents is 1. The van der Waals surface area contributed by atoms with Crippen molar-refractivity contribution in [1.82, 2.24) is 73.6 Å². The molecule has 15 amide bonds. The molecule has 0 radical (unpaired) electrons. The van der Waals surface area contributed by atoms with Crippen molar-refractivity contribution in [2.45, 2.75) is 234 Å². The number of ether oxygens (including phenoxy) is 2. The first-order chi connectivity index (χ1) is 60.2. The standard InChI is InChI=1S/C81H113N15O32/c1-7-43(4)67(77(121)96-33-13-17-57(96)76(120)90-50(24-28-64(106)107)70(114)87-49(23-27-63(104)105)71(115)91-53(36-45-18-20-46(97)21-19-45)74(118)93-56(78(122)123)34-42(2)3)94-72(116)51(25-29-65(108)109)88-69(113)48(22-26-62(102)103)89-73(117)52(35-44-14-9-8-10-15-44)92-75(119)55(38-66(110)111)86-60(100)40-84-68(112)54(37-58(82)98)85-59(99)39-83-61(101)41-95(5)80(125)128-47-16-11-12-31-81(126,32-30-47)79(124)127-6/h8-11,14-16,18-21,42-43,47-57,67,97,126H,7,12-13,17,22-41H2,1-6H3,(H2,82,98)(H,83,101)(H,84,112)(H,85,99)(H,86,100)(H,87,114)(H,88,113)(H,89,117)(H,90,120)(H,91,115)(H,92,119)(H,93,118)(H,94,116)(H,102,103)(H,104,105)(H,106,107)(H,108,109)(H,110,111)(H,122,123)/b16-11+/t43-,47?,48-,49-,50-,51-,52-,53-,54-,55-,56-,57-,67-,81?/m0/s1. The molecule has 1 aliphatic heterocycles. The number of primary amides is 1. The molecule has 128 heavy (non-hydrogen) atoms. The van der Waals surface area contributed by atoms with Gasteiger partial charge in [0.15, 0.2) is 5.60 Å². The first-order valence-electron chi connectivity index (χ1n) is 40.9. The number of carbonyl (C=O) groups is 22. The van der Waals surface area contributed by atoms with Crippen molar-refractivity contribution in [1.29, 1.82) is 0 Å². The average Bonchev–Trinajstić information content (AvgIpc) is 1.65. The largest absolute Gasteiger partial charge is 0.508 e. The van der Waals surface area contributed by atoms with Gasteiger partial charge in [0, 0.05) is 52.1 Å². The van der Waals surface area contributed by atoms with Gasteiger partial charge >= 0.3 is 47.9 Å². The van der Waals surface area contributed by atoms with Gasteiger partial charge in [-0.1, -0.05) is 82.7 Å². The van der Waals surface area contributed by atoms with Crippen LogP contribution in [0.25, 0.3) is 0 Å². The van der Waals surface area contributed by atoms with Gasteiger partial charge in [0.2, 0.25) is 82.7 Å². The highest BCUT2D eigenvalue weighted by molar-refractivity contribution is 6.01. The lowest BCUT2D eigenvalue weighted by Crippen LogP contribution is -2.61. The first kappa shape index (κ1) is 106. The summed E-state index contributed by atoms with van der Waals surface area (Å²) in [6, 6.07) is -6.94. The molecule has 1 saturated heterocycles. The third-order valence-corrected chi connectivity index (χ3v) is 20.4. The average molecular weight is 1810 g/mol. The summed E-state index contributed by atoms with van der Waals surface area (Å²) in [5.74, 6) is -27.9. The van der Waals surface area contributed by atoms with Gasteiger partial charge in [-0.2, -0.15) is 0 Å². The van der Waals surface area contributed by atoms with Crippen LogP contribution in [0.2, 0.25) is 0 Å². The Morgan fingerprint density at radius 2 is 0.961 bits per heavy atom. The second kappa shape index (κ2) is 52.8. The zero-order chi connectivity index (χ0) is 95.8. The molecule has 0 bridgehead atoms. The lowest BCUT2D eigenvalue weighted by Gasteiger charge is -2.33. The zero-order valence-corrected chi connectivity index (χ0v) is 71.3. The zero-order valence-electron chi connectivity index (χ0n) is 71.3. The van der Waals surface area contributed by atoms with Crippen molar-refractivity contribution >= 4 is 131 Å². The number of aromatic hydroxyl groups is 1. The number of allylic oxidation sites excluding steroid dienone is 1. The van der Waals surface area contributed by atoms with Crippen molar-refractivity contribution in [3.8, 4) is 5.75 Å². The minimum absolute atomic E-state index is 0.00260. The monoisotopic (exact) mass is 1810 g/mol. The quantitative estimate of drug-likeness (QED) is 0.0220. The molecule has 1 fully saturated rings. The summed E-state index contributed by atoms with van der Waals surface area (Å²) in [5.41, 5.74) is 4.10. The topological polar surface area (TPSA) is 733 Å². The Hall–Kier alpha value is -13.9. The molecule has 2 aliphatic rings. The summed E-state index contributed by atoms with van der Waals surface area (Å²) in [5, 5.41) is 107. The number of aliphatic hydroxyl groups is 1. The van der Waals surface area contributed by atoms with E-state index in [9.17, 15) is 146 Å². The van der Waals surface area contributed by atoms with Crippen molar-refractivity contribution < 1.29 is 156 Å². The Bertz CT molecular complexity index is 4360. The summed E-state index contributed by atoms with van der Waals surface area (Å²) >= 11 is 0. The summed E-state index contributed by atoms with van der Waals surface area (Å²) in [4.78, 5) is 294. The van der Waals surface area contributed by atoms with Crippen molar-refractivity contribution in [2.24, 2.45) is 17.6 Å². The number of methoxy groups -OCH3 is 1. The number of carboxylic acids is 6. The third kappa shape index (κ3) is 37.5. The number of likely N-dealkylation sites (N-methyl/N-ethyl adjacent to an activating group) is 1. The van der Waals surface area contributed by atoms with Crippen LogP contribution < -0.4 is 69.5 Å². The number of rotatable bonds is 53. The lowest BCUT2D eigenvalue weighted by molar-refractivity contribution is -0.164. The molecule has 2 aromatic carbocycles. The van der Waals surface area contributed by atoms with Crippen LogP contribution in [-0.4, -0.2) is 300 Å². The van der Waals surface area contributed by atoms with E-state index in [1.165, 1.54) is 68.6 Å². The van der Waals surface area contributed by atoms with Gasteiger partial charge in [-0.25, -0.2) is 14.4 Å². The van der Waals surface area contributed by atoms with Gasteiger partial charge in [-0.3, -0.25) is 91.1 Å². The highest BCUT2D eigenvalue weighted by atomic mass is 16.6. The molecule has 2 aromatic rings. The SMILES string of the molecule is CC[C@H](C)[C@H](NC(=O)[C@H](CCC(=O)O)NC(=O)[C@H](CCC(=O)O)NC(=O)[C@H](Cc1ccccc1)NC(=O)[C@H](CC(=O)O)NC(=O)CNC(=O)[C@H](CC(N)=O)NC(=O)CNC(=O)CN(C)C(=O)OC1/C=C/CCC(O)(C(=O)OC)CC1)C(=O)N1CCC[C@H]1C(=O)N[C@@H](CCC(=O)O)C(=O)N[C@@H](CCC(=O)O)C(=O)N[C@@H](Cc1ccc(O)cc1)C(=O)N[C@@H](CC(C)C)C(=O)O. The van der Waals surface area contributed by atoms with Gasteiger partial charge in [0.1, 0.15) is 84.9 Å². The predicted octanol–water partition coefficient (Wildman–Crippen LogP) is -4.29. The molecule has 1 aliphatic carbocycles. The van der Waals surface area contributed by atoms with E-state index in [1.54, 1.807) is 32.9 Å². The summed E-state index contributed by atoms with van der Waals surface area (Å²) < 4.78 is 10.1. The second-order valence-corrected chi connectivity index (χ2v) is 31.1. The fourth-order valence-electron chi connectivity index (χ4n) is 13.3. The number of carboxylic acid groups (broad SMARTS) is 6. The van der Waals surface area contributed by atoms with E-state index in [-0.39, 0.29) is 81.6 Å². The predicted molar refractivity (Wildman–Crippen MR) is 440 cm³/mol. The Morgan fingerprint density at radius 3 is 1.42 bits per heavy atom. The summed E-state index contributed by atoms with van der Waals surface area (Å²) in [6.07, 6.45) is -7.97. The highest BCUT2D eigenvalue weighted by Gasteiger charge is 2.44. The van der Waals surface area contributed by atoms with Gasteiger partial charge in [-0.15, -0.1) is 0 Å². The molecule has 47 nitrogen and oxygen atoms in total. The molecule has 22 N–H and O–H groups in total. The lowest BCUT2D eigenvalue weighted by atomic mass is 9.88. The summed E-state index contributed by atoms with van der Waals surface area (Å²) in [6.45, 7) is 3.57. The van der Waals surface area contributed by atoms with Crippen LogP contribution >= 0.6 is 0 Å². The van der Waals surface area contributed by atoms with Gasteiger partial charge in [0.05, 0.1) is 33.0 Å².